The number of Topliss-reactive ketones (excluding diaryl/α,β-unsaturated/α-hetero) is 1. The largest absolute Gasteiger partial charge is 0.411 e. The van der Waals surface area contributed by atoms with Crippen molar-refractivity contribution >= 4 is 11.5 Å². The Morgan fingerprint density at radius 2 is 1.04 bits per heavy atom. The van der Waals surface area contributed by atoms with Crippen LogP contribution in [0.4, 0.5) is 0 Å². The van der Waals surface area contributed by atoms with Gasteiger partial charge in [-0.25, -0.2) is 0 Å². The normalized spacial score (nSPS) is 28.0. The molecule has 4 fully saturated rings. The van der Waals surface area contributed by atoms with Gasteiger partial charge in [0.15, 0.2) is 11.6 Å². The van der Waals surface area contributed by atoms with Crippen LogP contribution in [0, 0.1) is 0 Å². The topological polar surface area (TPSA) is 86.6 Å². The number of ketones is 1. The Morgan fingerprint density at radius 1 is 0.667 bits per heavy atom. The molecule has 7 heteroatoms. The second-order valence-corrected chi connectivity index (χ2v) is 7.83. The van der Waals surface area contributed by atoms with Crippen molar-refractivity contribution in [1.82, 2.24) is 0 Å². The molecule has 0 atom stereocenters. The van der Waals surface area contributed by atoms with Crippen LogP contribution in [0.15, 0.2) is 5.16 Å². The molecule has 2 aliphatic heterocycles. The van der Waals surface area contributed by atoms with Crippen LogP contribution in [-0.4, -0.2) is 54.7 Å². The molecule has 0 aromatic heterocycles. The number of hydrogen-bond donors (Lipinski definition) is 1. The molecule has 0 aromatic carbocycles. The average Bonchev–Trinajstić information content (AvgIpc) is 3.28. The molecule has 2 spiro atoms. The maximum atomic E-state index is 11.2. The summed E-state index contributed by atoms with van der Waals surface area (Å²) in [7, 11) is 0. The lowest BCUT2D eigenvalue weighted by atomic mass is 9.94. The van der Waals surface area contributed by atoms with Crippen molar-refractivity contribution in [3.63, 3.8) is 0 Å². The SMILES string of the molecule is O=C1CCCC2(CCC1)OCCO2.ON=C1CCCC2(CCC1)OCCO2. The fraction of sp³-hybridized carbons (Fsp3) is 0.900. The molecule has 0 radical (unpaired) electrons. The van der Waals surface area contributed by atoms with Gasteiger partial charge >= 0.3 is 0 Å². The van der Waals surface area contributed by atoms with Crippen molar-refractivity contribution in [2.45, 2.75) is 88.6 Å². The number of carbonyl (C=O) groups excluding carboxylic acids is 1. The summed E-state index contributed by atoms with van der Waals surface area (Å²) in [5.74, 6) is -0.227. The Hall–Kier alpha value is -1.02. The molecule has 4 rings (SSSR count). The summed E-state index contributed by atoms with van der Waals surface area (Å²) in [6.45, 7) is 2.88. The smallest absolute Gasteiger partial charge is 0.168 e. The van der Waals surface area contributed by atoms with Crippen molar-refractivity contribution in [2.75, 3.05) is 26.4 Å². The van der Waals surface area contributed by atoms with Crippen LogP contribution in [0.25, 0.3) is 0 Å². The number of ether oxygens (including phenoxy) is 4. The van der Waals surface area contributed by atoms with Gasteiger partial charge in [0, 0.05) is 38.5 Å². The van der Waals surface area contributed by atoms with Gasteiger partial charge in [0.25, 0.3) is 0 Å². The molecule has 154 valence electrons. The second-order valence-electron chi connectivity index (χ2n) is 7.83. The Labute approximate surface area is 161 Å². The van der Waals surface area contributed by atoms with E-state index in [2.05, 4.69) is 5.16 Å². The van der Waals surface area contributed by atoms with E-state index in [0.29, 0.717) is 31.8 Å². The number of oxime groups is 1. The fourth-order valence-electron chi connectivity index (χ4n) is 4.40. The molecule has 0 amide bonds. The van der Waals surface area contributed by atoms with E-state index in [0.717, 1.165) is 83.1 Å². The molecular formula is C20H33NO6. The van der Waals surface area contributed by atoms with Crippen LogP contribution in [-0.2, 0) is 23.7 Å². The summed E-state index contributed by atoms with van der Waals surface area (Å²) < 4.78 is 22.6. The highest BCUT2D eigenvalue weighted by Gasteiger charge is 2.37. The average molecular weight is 383 g/mol. The molecular weight excluding hydrogens is 350 g/mol. The van der Waals surface area contributed by atoms with Gasteiger partial charge in [0.1, 0.15) is 5.78 Å². The first-order valence-electron chi connectivity index (χ1n) is 10.4. The standard InChI is InChI=1S/C10H17NO3.C10H16O3/c12-11-9-3-1-5-10(6-2-4-9)13-7-8-14-10;11-9-3-1-5-10(6-2-4-9)12-7-8-13-10/h12H,1-8H2;1-8H2. The molecule has 4 aliphatic rings. The van der Waals surface area contributed by atoms with Crippen LogP contribution >= 0.6 is 0 Å². The first-order chi connectivity index (χ1) is 13.2. The lowest BCUT2D eigenvalue weighted by molar-refractivity contribution is -0.171. The lowest BCUT2D eigenvalue weighted by Gasteiger charge is -2.29. The summed E-state index contributed by atoms with van der Waals surface area (Å²) in [5, 5.41) is 12.0. The number of nitrogens with zero attached hydrogens (tertiary/aromatic N) is 1. The van der Waals surface area contributed by atoms with Crippen LogP contribution in [0.3, 0.4) is 0 Å². The van der Waals surface area contributed by atoms with E-state index in [1.54, 1.807) is 0 Å². The molecule has 2 saturated carbocycles. The third-order valence-electron chi connectivity index (χ3n) is 5.84. The minimum absolute atomic E-state index is 0.305. The number of rotatable bonds is 0. The lowest BCUT2D eigenvalue weighted by Crippen LogP contribution is -2.31. The third kappa shape index (κ3) is 5.98. The summed E-state index contributed by atoms with van der Waals surface area (Å²) in [5.41, 5.74) is 0.915. The molecule has 7 nitrogen and oxygen atoms in total. The van der Waals surface area contributed by atoms with E-state index in [1.165, 1.54) is 0 Å². The van der Waals surface area contributed by atoms with Gasteiger partial charge in [0.05, 0.1) is 32.1 Å². The van der Waals surface area contributed by atoms with Crippen LogP contribution in [0.5, 0.6) is 0 Å². The van der Waals surface area contributed by atoms with Gasteiger partial charge in [0.2, 0.25) is 0 Å². The summed E-state index contributed by atoms with van der Waals surface area (Å²) >= 11 is 0. The van der Waals surface area contributed by atoms with Crippen molar-refractivity contribution in [1.29, 1.82) is 0 Å². The predicted octanol–water partition coefficient (Wildman–Crippen LogP) is 3.57. The summed E-state index contributed by atoms with van der Waals surface area (Å²) in [6.07, 6.45) is 10.6. The van der Waals surface area contributed by atoms with Gasteiger partial charge in [-0.2, -0.15) is 0 Å². The maximum absolute atomic E-state index is 11.2. The van der Waals surface area contributed by atoms with Gasteiger partial charge in [-0.15, -0.1) is 0 Å². The van der Waals surface area contributed by atoms with E-state index in [1.807, 2.05) is 0 Å². The zero-order valence-electron chi connectivity index (χ0n) is 16.2. The summed E-state index contributed by atoms with van der Waals surface area (Å²) in [6, 6.07) is 0. The fourth-order valence-corrected chi connectivity index (χ4v) is 4.40. The van der Waals surface area contributed by atoms with Gasteiger partial charge < -0.3 is 24.2 Å². The van der Waals surface area contributed by atoms with Gasteiger partial charge in [-0.05, 0) is 38.5 Å². The first-order valence-corrected chi connectivity index (χ1v) is 10.4. The van der Waals surface area contributed by atoms with Crippen molar-refractivity contribution in [3.8, 4) is 0 Å². The highest BCUT2D eigenvalue weighted by molar-refractivity contribution is 5.83. The Bertz CT molecular complexity index is 481. The Kier molecular flexibility index (Phi) is 7.64. The number of carbonyl (C=O) groups is 1. The van der Waals surface area contributed by atoms with E-state index in [-0.39, 0.29) is 11.6 Å². The second kappa shape index (κ2) is 9.96. The monoisotopic (exact) mass is 383 g/mol. The van der Waals surface area contributed by atoms with Gasteiger partial charge in [-0.3, -0.25) is 4.79 Å². The van der Waals surface area contributed by atoms with Gasteiger partial charge in [-0.1, -0.05) is 5.16 Å². The maximum Gasteiger partial charge on any atom is 0.168 e. The summed E-state index contributed by atoms with van der Waals surface area (Å²) in [4.78, 5) is 11.2. The van der Waals surface area contributed by atoms with Crippen LogP contribution in [0.1, 0.15) is 77.0 Å². The molecule has 1 N–H and O–H groups in total. The highest BCUT2D eigenvalue weighted by atomic mass is 16.7. The molecule has 2 saturated heterocycles. The van der Waals surface area contributed by atoms with Crippen LogP contribution < -0.4 is 0 Å². The number of hydrogen-bond acceptors (Lipinski definition) is 7. The molecule has 0 aromatic rings. The zero-order chi connectivity index (χ0) is 19.0. The quantitative estimate of drug-likeness (QED) is 0.508. The zero-order valence-corrected chi connectivity index (χ0v) is 16.2. The highest BCUT2D eigenvalue weighted by Crippen LogP contribution is 2.34. The molecule has 0 bridgehead atoms. The minimum Gasteiger partial charge on any atom is -0.411 e. The first kappa shape index (κ1) is 20.7. The Morgan fingerprint density at radius 3 is 1.41 bits per heavy atom. The van der Waals surface area contributed by atoms with Crippen LogP contribution in [0.2, 0.25) is 0 Å². The minimum atomic E-state index is -0.319. The van der Waals surface area contributed by atoms with E-state index in [4.69, 9.17) is 24.2 Å². The Balaban J connectivity index is 0.000000156. The van der Waals surface area contributed by atoms with E-state index >= 15 is 0 Å². The molecule has 27 heavy (non-hydrogen) atoms. The molecule has 2 aliphatic carbocycles. The van der Waals surface area contributed by atoms with Crippen molar-refractivity contribution in [2.24, 2.45) is 5.16 Å². The van der Waals surface area contributed by atoms with E-state index < -0.39 is 0 Å². The van der Waals surface area contributed by atoms with Crippen molar-refractivity contribution in [3.05, 3.63) is 0 Å². The van der Waals surface area contributed by atoms with Crippen molar-refractivity contribution < 1.29 is 28.9 Å². The van der Waals surface area contributed by atoms with E-state index in [9.17, 15) is 4.79 Å². The molecule has 0 unspecified atom stereocenters. The molecule has 2 heterocycles. The predicted molar refractivity (Wildman–Crippen MR) is 98.9 cm³/mol. The third-order valence-corrected chi connectivity index (χ3v) is 5.84.